The number of ether oxygens (including phenoxy) is 1. The number of carbonyl (C=O) groups is 2. The molecule has 0 radical (unpaired) electrons. The zero-order chi connectivity index (χ0) is 21.6. The van der Waals surface area contributed by atoms with E-state index >= 15 is 0 Å². The highest BCUT2D eigenvalue weighted by atomic mass is 127. The Morgan fingerprint density at radius 1 is 0.839 bits per heavy atom. The molecule has 0 saturated carbocycles. The van der Waals surface area contributed by atoms with Gasteiger partial charge >= 0.3 is 5.97 Å². The topological polar surface area (TPSA) is 67.8 Å². The van der Waals surface area contributed by atoms with Crippen LogP contribution in [0.25, 0.3) is 10.8 Å². The van der Waals surface area contributed by atoms with E-state index in [0.29, 0.717) is 22.4 Å². The van der Waals surface area contributed by atoms with E-state index in [9.17, 15) is 9.59 Å². The number of nitrogens with zero attached hydrogens (tertiary/aromatic N) is 1. The Kier molecular flexibility index (Phi) is 6.37. The van der Waals surface area contributed by atoms with Crippen LogP contribution < -0.4 is 10.2 Å². The van der Waals surface area contributed by atoms with Crippen molar-refractivity contribution < 1.29 is 14.3 Å². The smallest absolute Gasteiger partial charge is 0.343 e. The summed E-state index contributed by atoms with van der Waals surface area (Å²) in [6.45, 7) is 0. The first-order valence-corrected chi connectivity index (χ1v) is 10.6. The maximum absolute atomic E-state index is 12.6. The van der Waals surface area contributed by atoms with E-state index in [4.69, 9.17) is 4.74 Å². The molecule has 0 aliphatic heterocycles. The lowest BCUT2D eigenvalue weighted by Crippen LogP contribution is -2.19. The molecule has 0 atom stereocenters. The Balaban J connectivity index is 1.64. The zero-order valence-electron chi connectivity index (χ0n) is 16.3. The second-order valence-electron chi connectivity index (χ2n) is 6.63. The normalized spacial score (nSPS) is 10.9. The maximum Gasteiger partial charge on any atom is 0.343 e. The van der Waals surface area contributed by atoms with E-state index < -0.39 is 5.97 Å². The number of esters is 1. The van der Waals surface area contributed by atoms with Gasteiger partial charge in [-0.05, 0) is 63.7 Å². The molecule has 4 aromatic carbocycles. The van der Waals surface area contributed by atoms with Crippen molar-refractivity contribution >= 4 is 51.5 Å². The molecule has 4 rings (SSSR count). The van der Waals surface area contributed by atoms with E-state index in [1.807, 2.05) is 48.5 Å². The van der Waals surface area contributed by atoms with Crippen molar-refractivity contribution in [3.8, 4) is 5.75 Å². The van der Waals surface area contributed by atoms with Gasteiger partial charge in [0.05, 0.1) is 17.3 Å². The van der Waals surface area contributed by atoms with Crippen LogP contribution in [0.4, 0.5) is 0 Å². The zero-order valence-corrected chi connectivity index (χ0v) is 18.4. The van der Waals surface area contributed by atoms with Gasteiger partial charge in [-0.1, -0.05) is 60.7 Å². The number of nitrogens with one attached hydrogen (secondary N) is 1. The summed E-state index contributed by atoms with van der Waals surface area (Å²) in [7, 11) is 0. The summed E-state index contributed by atoms with van der Waals surface area (Å²) in [6.07, 6.45) is 1.50. The molecule has 31 heavy (non-hydrogen) atoms. The molecule has 0 saturated heterocycles. The minimum atomic E-state index is -0.464. The van der Waals surface area contributed by atoms with Gasteiger partial charge in [0.1, 0.15) is 5.75 Å². The van der Waals surface area contributed by atoms with Gasteiger partial charge in [-0.15, -0.1) is 0 Å². The quantitative estimate of drug-likeness (QED) is 0.126. The number of carbonyl (C=O) groups excluding carboxylic acids is 2. The summed E-state index contributed by atoms with van der Waals surface area (Å²) in [4.78, 5) is 25.0. The first-order valence-electron chi connectivity index (χ1n) is 9.50. The molecule has 6 heteroatoms. The van der Waals surface area contributed by atoms with E-state index in [1.165, 1.54) is 6.21 Å². The predicted molar refractivity (Wildman–Crippen MR) is 130 cm³/mol. The van der Waals surface area contributed by atoms with E-state index in [2.05, 4.69) is 33.1 Å². The van der Waals surface area contributed by atoms with Crippen LogP contribution in [0, 0.1) is 3.57 Å². The third-order valence-corrected chi connectivity index (χ3v) is 5.56. The summed E-state index contributed by atoms with van der Waals surface area (Å²) in [5.74, 6) is -0.419. The van der Waals surface area contributed by atoms with Crippen molar-refractivity contribution in [2.24, 2.45) is 5.10 Å². The van der Waals surface area contributed by atoms with Crippen LogP contribution in [-0.2, 0) is 0 Å². The largest absolute Gasteiger partial charge is 0.422 e. The van der Waals surface area contributed by atoms with Gasteiger partial charge in [-0.25, -0.2) is 10.2 Å². The van der Waals surface area contributed by atoms with Crippen LogP contribution in [0.3, 0.4) is 0 Å². The summed E-state index contributed by atoms with van der Waals surface area (Å²) >= 11 is 2.10. The molecule has 1 N–H and O–H groups in total. The van der Waals surface area contributed by atoms with Gasteiger partial charge in [0.15, 0.2) is 0 Å². The lowest BCUT2D eigenvalue weighted by molar-refractivity contribution is 0.0734. The molecule has 0 heterocycles. The molecule has 0 aromatic heterocycles. The van der Waals surface area contributed by atoms with Crippen LogP contribution in [0.15, 0.2) is 96.1 Å². The number of hydrazone groups is 1. The van der Waals surface area contributed by atoms with E-state index in [0.717, 1.165) is 14.3 Å². The van der Waals surface area contributed by atoms with Crippen LogP contribution in [-0.4, -0.2) is 18.1 Å². The third-order valence-electron chi connectivity index (χ3n) is 4.62. The molecule has 5 nitrogen and oxygen atoms in total. The van der Waals surface area contributed by atoms with Gasteiger partial charge in [0, 0.05) is 9.13 Å². The van der Waals surface area contributed by atoms with E-state index in [1.54, 1.807) is 42.5 Å². The Labute approximate surface area is 192 Å². The molecule has 0 bridgehead atoms. The van der Waals surface area contributed by atoms with Crippen LogP contribution in [0.1, 0.15) is 26.3 Å². The summed E-state index contributed by atoms with van der Waals surface area (Å²) < 4.78 is 6.49. The Morgan fingerprint density at radius 3 is 2.35 bits per heavy atom. The van der Waals surface area contributed by atoms with Crippen LogP contribution >= 0.6 is 22.6 Å². The van der Waals surface area contributed by atoms with Gasteiger partial charge in [-0.3, -0.25) is 4.79 Å². The monoisotopic (exact) mass is 520 g/mol. The number of amides is 1. The number of fused-ring (bicyclic) bond motifs is 1. The van der Waals surface area contributed by atoms with Crippen LogP contribution in [0.2, 0.25) is 0 Å². The molecule has 0 spiro atoms. The first kappa shape index (κ1) is 20.7. The van der Waals surface area contributed by atoms with Gasteiger partial charge in [0.25, 0.3) is 5.91 Å². The first-order chi connectivity index (χ1) is 15.1. The Hall–Kier alpha value is -3.52. The molecular weight excluding hydrogens is 503 g/mol. The molecular formula is C25H17IN2O3. The molecule has 0 aliphatic carbocycles. The minimum absolute atomic E-state index is 0.315. The number of halogens is 1. The Bertz CT molecular complexity index is 1290. The third kappa shape index (κ3) is 4.80. The highest BCUT2D eigenvalue weighted by Gasteiger charge is 2.14. The number of rotatable bonds is 5. The second-order valence-corrected chi connectivity index (χ2v) is 7.80. The number of hydrogen-bond donors (Lipinski definition) is 1. The molecule has 1 amide bonds. The average molecular weight is 520 g/mol. The fourth-order valence-electron chi connectivity index (χ4n) is 3.09. The fraction of sp³-hybridized carbons (Fsp3) is 0. The van der Waals surface area contributed by atoms with Crippen molar-refractivity contribution in [1.29, 1.82) is 0 Å². The lowest BCUT2D eigenvalue weighted by Gasteiger charge is -2.10. The fourth-order valence-corrected chi connectivity index (χ4v) is 3.72. The van der Waals surface area contributed by atoms with Crippen molar-refractivity contribution in [2.75, 3.05) is 0 Å². The van der Waals surface area contributed by atoms with Crippen LogP contribution in [0.5, 0.6) is 5.75 Å². The molecule has 0 fully saturated rings. The second kappa shape index (κ2) is 9.53. The van der Waals surface area contributed by atoms with Crippen molar-refractivity contribution in [1.82, 2.24) is 5.43 Å². The molecule has 152 valence electrons. The number of benzene rings is 4. The lowest BCUT2D eigenvalue weighted by atomic mass is 10.0. The van der Waals surface area contributed by atoms with Gasteiger partial charge in [-0.2, -0.15) is 5.10 Å². The van der Waals surface area contributed by atoms with Crippen molar-refractivity contribution in [3.05, 3.63) is 111 Å². The highest BCUT2D eigenvalue weighted by molar-refractivity contribution is 14.1. The molecule has 4 aromatic rings. The summed E-state index contributed by atoms with van der Waals surface area (Å²) in [5.41, 5.74) is 4.14. The van der Waals surface area contributed by atoms with Crippen molar-refractivity contribution in [2.45, 2.75) is 0 Å². The van der Waals surface area contributed by atoms with Crippen molar-refractivity contribution in [3.63, 3.8) is 0 Å². The number of hydrogen-bond acceptors (Lipinski definition) is 4. The molecule has 0 aliphatic rings. The highest BCUT2D eigenvalue weighted by Crippen LogP contribution is 2.27. The van der Waals surface area contributed by atoms with E-state index in [-0.39, 0.29) is 5.91 Å². The SMILES string of the molecule is O=C(Oc1ccc2ccccc2c1/C=N\NC(=O)c1ccccc1I)c1ccccc1. The molecule has 0 unspecified atom stereocenters. The predicted octanol–water partition coefficient (Wildman–Crippen LogP) is 5.43. The van der Waals surface area contributed by atoms with Gasteiger partial charge in [0.2, 0.25) is 0 Å². The maximum atomic E-state index is 12.6. The Morgan fingerprint density at radius 2 is 1.55 bits per heavy atom. The summed E-state index contributed by atoms with van der Waals surface area (Å²) in [5, 5.41) is 5.95. The standard InChI is InChI=1S/C25H17IN2O3/c26-22-13-7-6-12-20(22)24(29)28-27-16-21-19-11-5-4-8-17(19)14-15-23(21)31-25(30)18-9-2-1-3-10-18/h1-16H,(H,28,29)/b27-16-. The minimum Gasteiger partial charge on any atom is -0.422 e. The average Bonchev–Trinajstić information content (AvgIpc) is 2.81. The van der Waals surface area contributed by atoms with Gasteiger partial charge < -0.3 is 4.74 Å². The summed E-state index contributed by atoms with van der Waals surface area (Å²) in [6, 6.07) is 27.3.